The standard InChI is InChI=1S/C7H7F3N2O2S/c8-7(9,10)15(13,14)5-3-1-2-4(11)6(5)12/h1-3H,11-12H2. The van der Waals surface area contributed by atoms with Gasteiger partial charge in [0, 0.05) is 0 Å². The van der Waals surface area contributed by atoms with Gasteiger partial charge in [-0.1, -0.05) is 6.07 Å². The van der Waals surface area contributed by atoms with E-state index in [1.807, 2.05) is 0 Å². The van der Waals surface area contributed by atoms with Crippen LogP contribution >= 0.6 is 0 Å². The van der Waals surface area contributed by atoms with Crippen molar-refractivity contribution in [2.75, 3.05) is 11.5 Å². The maximum Gasteiger partial charge on any atom is 0.501 e. The van der Waals surface area contributed by atoms with Crippen LogP contribution in [0.15, 0.2) is 23.1 Å². The van der Waals surface area contributed by atoms with Gasteiger partial charge in [-0.05, 0) is 12.1 Å². The molecule has 0 radical (unpaired) electrons. The molecule has 1 rings (SSSR count). The topological polar surface area (TPSA) is 86.2 Å². The fourth-order valence-corrected chi connectivity index (χ4v) is 1.83. The summed E-state index contributed by atoms with van der Waals surface area (Å²) in [6.07, 6.45) is 0. The van der Waals surface area contributed by atoms with Crippen LogP contribution in [-0.4, -0.2) is 13.9 Å². The molecule has 0 saturated carbocycles. The number of para-hydroxylation sites is 1. The minimum atomic E-state index is -5.43. The van der Waals surface area contributed by atoms with Crippen molar-refractivity contribution >= 4 is 21.2 Å². The molecule has 0 aliphatic rings. The van der Waals surface area contributed by atoms with Gasteiger partial charge in [0.15, 0.2) is 0 Å². The summed E-state index contributed by atoms with van der Waals surface area (Å²) in [4.78, 5) is -1.02. The Hall–Kier alpha value is -1.44. The lowest BCUT2D eigenvalue weighted by Crippen LogP contribution is -2.24. The number of benzene rings is 1. The number of sulfone groups is 1. The van der Waals surface area contributed by atoms with E-state index in [-0.39, 0.29) is 5.69 Å². The Bertz CT molecular complexity index is 481. The van der Waals surface area contributed by atoms with Crippen LogP contribution in [0.4, 0.5) is 24.5 Å². The lowest BCUT2D eigenvalue weighted by Gasteiger charge is -2.11. The Morgan fingerprint density at radius 2 is 1.67 bits per heavy atom. The molecule has 4 N–H and O–H groups in total. The Morgan fingerprint density at radius 1 is 1.13 bits per heavy atom. The van der Waals surface area contributed by atoms with Crippen molar-refractivity contribution in [3.63, 3.8) is 0 Å². The maximum atomic E-state index is 12.1. The van der Waals surface area contributed by atoms with E-state index < -0.39 is 25.9 Å². The number of nitrogen functional groups attached to an aromatic ring is 2. The van der Waals surface area contributed by atoms with Crippen LogP contribution in [0.25, 0.3) is 0 Å². The molecule has 0 spiro atoms. The van der Waals surface area contributed by atoms with Crippen molar-refractivity contribution in [3.05, 3.63) is 18.2 Å². The van der Waals surface area contributed by atoms with Gasteiger partial charge >= 0.3 is 5.51 Å². The second-order valence-electron chi connectivity index (χ2n) is 2.71. The van der Waals surface area contributed by atoms with Gasteiger partial charge in [-0.25, -0.2) is 8.42 Å². The van der Waals surface area contributed by atoms with Gasteiger partial charge in [-0.3, -0.25) is 0 Å². The number of rotatable bonds is 1. The highest BCUT2D eigenvalue weighted by Gasteiger charge is 2.47. The normalized spacial score (nSPS) is 12.7. The summed E-state index contributed by atoms with van der Waals surface area (Å²) in [5.74, 6) is 0. The first-order valence-corrected chi connectivity index (χ1v) is 5.11. The van der Waals surface area contributed by atoms with Crippen molar-refractivity contribution in [1.82, 2.24) is 0 Å². The number of halogens is 3. The van der Waals surface area contributed by atoms with Crippen molar-refractivity contribution in [3.8, 4) is 0 Å². The molecule has 0 unspecified atom stereocenters. The van der Waals surface area contributed by atoms with Gasteiger partial charge in [0.25, 0.3) is 9.84 Å². The van der Waals surface area contributed by atoms with Crippen LogP contribution in [0.3, 0.4) is 0 Å². The van der Waals surface area contributed by atoms with E-state index in [1.165, 1.54) is 6.07 Å². The summed E-state index contributed by atoms with van der Waals surface area (Å²) in [5.41, 5.74) is 4.19. The van der Waals surface area contributed by atoms with E-state index in [2.05, 4.69) is 0 Å². The van der Waals surface area contributed by atoms with Crippen LogP contribution in [0.2, 0.25) is 0 Å². The number of hydrogen-bond donors (Lipinski definition) is 2. The molecule has 8 heteroatoms. The highest BCUT2D eigenvalue weighted by Crippen LogP contribution is 2.34. The molecule has 4 nitrogen and oxygen atoms in total. The van der Waals surface area contributed by atoms with Crippen LogP contribution in [0, 0.1) is 0 Å². The van der Waals surface area contributed by atoms with Crippen molar-refractivity contribution in [2.24, 2.45) is 0 Å². The second kappa shape index (κ2) is 3.30. The van der Waals surface area contributed by atoms with Gasteiger partial charge in [-0.15, -0.1) is 0 Å². The number of hydrogen-bond acceptors (Lipinski definition) is 4. The summed E-state index contributed by atoms with van der Waals surface area (Å²) in [6, 6.07) is 3.06. The fraction of sp³-hybridized carbons (Fsp3) is 0.143. The zero-order valence-electron chi connectivity index (χ0n) is 7.25. The molecule has 0 amide bonds. The van der Waals surface area contributed by atoms with Gasteiger partial charge in [0.05, 0.1) is 11.4 Å². The Morgan fingerprint density at radius 3 is 2.13 bits per heavy atom. The van der Waals surface area contributed by atoms with Gasteiger partial charge < -0.3 is 11.5 Å². The average Bonchev–Trinajstić information content (AvgIpc) is 2.07. The monoisotopic (exact) mass is 240 g/mol. The van der Waals surface area contributed by atoms with E-state index in [1.54, 1.807) is 0 Å². The highest BCUT2D eigenvalue weighted by atomic mass is 32.2. The van der Waals surface area contributed by atoms with Crippen molar-refractivity contribution in [1.29, 1.82) is 0 Å². The third-order valence-corrected chi connectivity index (χ3v) is 3.24. The van der Waals surface area contributed by atoms with E-state index in [0.29, 0.717) is 0 Å². The number of alkyl halides is 3. The molecular formula is C7H7F3N2O2S. The van der Waals surface area contributed by atoms with E-state index in [4.69, 9.17) is 11.5 Å². The molecule has 84 valence electrons. The molecule has 1 aromatic rings. The molecule has 0 aromatic heterocycles. The molecule has 0 aliphatic carbocycles. The Balaban J connectivity index is 3.49. The molecule has 15 heavy (non-hydrogen) atoms. The largest absolute Gasteiger partial charge is 0.501 e. The third kappa shape index (κ3) is 1.84. The minimum Gasteiger partial charge on any atom is -0.397 e. The smallest absolute Gasteiger partial charge is 0.397 e. The Kier molecular flexibility index (Phi) is 2.56. The second-order valence-corrected chi connectivity index (χ2v) is 4.62. The third-order valence-electron chi connectivity index (χ3n) is 1.69. The highest BCUT2D eigenvalue weighted by molar-refractivity contribution is 7.92. The summed E-state index contributed by atoms with van der Waals surface area (Å²) < 4.78 is 58.4. The fourth-order valence-electron chi connectivity index (χ4n) is 0.920. The minimum absolute atomic E-state index is 0.208. The first kappa shape index (κ1) is 11.6. The van der Waals surface area contributed by atoms with E-state index >= 15 is 0 Å². The lowest BCUT2D eigenvalue weighted by molar-refractivity contribution is -0.0435. The predicted molar refractivity (Wildman–Crippen MR) is 48.5 cm³/mol. The van der Waals surface area contributed by atoms with Crippen LogP contribution < -0.4 is 11.5 Å². The van der Waals surface area contributed by atoms with Crippen LogP contribution in [0.5, 0.6) is 0 Å². The maximum absolute atomic E-state index is 12.1. The molecule has 0 heterocycles. The number of anilines is 2. The summed E-state index contributed by atoms with van der Waals surface area (Å²) >= 11 is 0. The first-order chi connectivity index (χ1) is 6.68. The van der Waals surface area contributed by atoms with Crippen LogP contribution in [-0.2, 0) is 9.84 Å². The molecule has 0 bridgehead atoms. The molecular weight excluding hydrogens is 233 g/mol. The zero-order valence-corrected chi connectivity index (χ0v) is 8.06. The molecule has 0 saturated heterocycles. The SMILES string of the molecule is Nc1cccc(S(=O)(=O)C(F)(F)F)c1N. The molecule has 0 fully saturated rings. The Labute approximate surface area is 83.6 Å². The summed E-state index contributed by atoms with van der Waals surface area (Å²) in [6.45, 7) is 0. The van der Waals surface area contributed by atoms with Crippen molar-refractivity contribution < 1.29 is 21.6 Å². The van der Waals surface area contributed by atoms with Crippen molar-refractivity contribution in [2.45, 2.75) is 10.4 Å². The predicted octanol–water partition coefficient (Wildman–Crippen LogP) is 1.14. The summed E-state index contributed by atoms with van der Waals surface area (Å²) in [5, 5.41) is 0. The van der Waals surface area contributed by atoms with Gasteiger partial charge in [-0.2, -0.15) is 13.2 Å². The van der Waals surface area contributed by atoms with Gasteiger partial charge in [0.1, 0.15) is 4.90 Å². The lowest BCUT2D eigenvalue weighted by atomic mass is 10.3. The molecule has 0 atom stereocenters. The number of nitrogens with two attached hydrogens (primary N) is 2. The molecule has 1 aromatic carbocycles. The first-order valence-electron chi connectivity index (χ1n) is 3.63. The van der Waals surface area contributed by atoms with Crippen LogP contribution in [0.1, 0.15) is 0 Å². The van der Waals surface area contributed by atoms with Gasteiger partial charge in [0.2, 0.25) is 0 Å². The quantitative estimate of drug-likeness (QED) is 0.721. The molecule has 0 aliphatic heterocycles. The van der Waals surface area contributed by atoms with E-state index in [0.717, 1.165) is 12.1 Å². The van der Waals surface area contributed by atoms with E-state index in [9.17, 15) is 21.6 Å². The average molecular weight is 240 g/mol. The summed E-state index contributed by atoms with van der Waals surface area (Å²) in [7, 11) is -5.43. The zero-order chi connectivity index (χ0) is 11.9.